The number of pyridine rings is 2. The Morgan fingerprint density at radius 1 is 1.06 bits per heavy atom. The number of hydrogen-bond donors (Lipinski definition) is 2. The van der Waals surface area contributed by atoms with Crippen molar-refractivity contribution in [1.29, 1.82) is 0 Å². The SMILES string of the molecule is C=C(Nc1cnccc1C(=O)N1CCNCC1)c1cccc(-c2c(F)cccc2F)n1. The van der Waals surface area contributed by atoms with E-state index in [-0.39, 0.29) is 17.2 Å². The molecule has 1 aromatic carbocycles. The number of carbonyl (C=O) groups excluding carboxylic acids is 1. The first-order valence-corrected chi connectivity index (χ1v) is 9.86. The third-order valence-electron chi connectivity index (χ3n) is 5.02. The second-order valence-corrected chi connectivity index (χ2v) is 7.07. The molecule has 158 valence electrons. The van der Waals surface area contributed by atoms with Crippen molar-refractivity contribution in [2.45, 2.75) is 0 Å². The van der Waals surface area contributed by atoms with E-state index in [4.69, 9.17) is 0 Å². The average molecular weight is 421 g/mol. The van der Waals surface area contributed by atoms with Crippen molar-refractivity contribution in [1.82, 2.24) is 20.2 Å². The number of nitrogens with one attached hydrogen (secondary N) is 2. The number of amides is 1. The van der Waals surface area contributed by atoms with Gasteiger partial charge in [0.25, 0.3) is 5.91 Å². The van der Waals surface area contributed by atoms with E-state index in [0.717, 1.165) is 13.1 Å². The molecule has 4 rings (SSSR count). The summed E-state index contributed by atoms with van der Waals surface area (Å²) < 4.78 is 28.3. The summed E-state index contributed by atoms with van der Waals surface area (Å²) in [5.41, 5.74) is 1.67. The van der Waals surface area contributed by atoms with Gasteiger partial charge in [0.2, 0.25) is 0 Å². The Labute approximate surface area is 178 Å². The van der Waals surface area contributed by atoms with Crippen LogP contribution in [0.25, 0.3) is 17.0 Å². The highest BCUT2D eigenvalue weighted by molar-refractivity contribution is 6.00. The molecule has 1 fully saturated rings. The minimum absolute atomic E-state index is 0.102. The lowest BCUT2D eigenvalue weighted by Crippen LogP contribution is -2.46. The highest BCUT2D eigenvalue weighted by Gasteiger charge is 2.21. The van der Waals surface area contributed by atoms with Crippen LogP contribution in [0.3, 0.4) is 0 Å². The molecule has 1 saturated heterocycles. The Morgan fingerprint density at radius 3 is 2.52 bits per heavy atom. The Bertz CT molecular complexity index is 1110. The number of hydrogen-bond acceptors (Lipinski definition) is 5. The first kappa shape index (κ1) is 20.6. The Balaban J connectivity index is 1.59. The molecule has 0 spiro atoms. The zero-order valence-corrected chi connectivity index (χ0v) is 16.7. The van der Waals surface area contributed by atoms with Gasteiger partial charge in [-0.05, 0) is 30.3 Å². The molecule has 0 radical (unpaired) electrons. The Hall–Kier alpha value is -3.65. The van der Waals surface area contributed by atoms with Crippen LogP contribution < -0.4 is 10.6 Å². The zero-order chi connectivity index (χ0) is 21.8. The van der Waals surface area contributed by atoms with Crippen LogP contribution in [0.5, 0.6) is 0 Å². The molecule has 0 unspecified atom stereocenters. The van der Waals surface area contributed by atoms with E-state index in [1.807, 2.05) is 0 Å². The van der Waals surface area contributed by atoms with Crippen LogP contribution in [0.15, 0.2) is 61.4 Å². The summed E-state index contributed by atoms with van der Waals surface area (Å²) in [6.45, 7) is 6.73. The Kier molecular flexibility index (Phi) is 5.99. The molecule has 0 aliphatic carbocycles. The smallest absolute Gasteiger partial charge is 0.256 e. The molecule has 1 aliphatic heterocycles. The molecule has 3 heterocycles. The van der Waals surface area contributed by atoms with Gasteiger partial charge in [0.05, 0.1) is 40.1 Å². The highest BCUT2D eigenvalue weighted by atomic mass is 19.1. The summed E-state index contributed by atoms with van der Waals surface area (Å²) >= 11 is 0. The minimum atomic E-state index is -0.695. The fourth-order valence-corrected chi connectivity index (χ4v) is 3.43. The summed E-state index contributed by atoms with van der Waals surface area (Å²) in [5, 5.41) is 6.30. The van der Waals surface area contributed by atoms with Crippen molar-refractivity contribution in [3.05, 3.63) is 84.3 Å². The molecule has 1 aliphatic rings. The van der Waals surface area contributed by atoms with E-state index in [9.17, 15) is 13.6 Å². The van der Waals surface area contributed by atoms with Crippen LogP contribution in [0.4, 0.5) is 14.5 Å². The number of piperazine rings is 1. The predicted octanol–water partition coefficient (Wildman–Crippen LogP) is 3.55. The van der Waals surface area contributed by atoms with Gasteiger partial charge in [0, 0.05) is 32.4 Å². The van der Waals surface area contributed by atoms with Gasteiger partial charge in [-0.1, -0.05) is 18.7 Å². The van der Waals surface area contributed by atoms with Gasteiger partial charge < -0.3 is 15.5 Å². The topological polar surface area (TPSA) is 70.2 Å². The summed E-state index contributed by atoms with van der Waals surface area (Å²) in [6, 6.07) is 10.2. The number of anilines is 1. The van der Waals surface area contributed by atoms with Gasteiger partial charge >= 0.3 is 0 Å². The molecule has 31 heavy (non-hydrogen) atoms. The fraction of sp³-hybridized carbons (Fsp3) is 0.174. The third-order valence-corrected chi connectivity index (χ3v) is 5.02. The van der Waals surface area contributed by atoms with E-state index in [2.05, 4.69) is 27.2 Å². The van der Waals surface area contributed by atoms with Gasteiger partial charge in [-0.25, -0.2) is 13.8 Å². The lowest BCUT2D eigenvalue weighted by Gasteiger charge is -2.28. The van der Waals surface area contributed by atoms with Crippen LogP contribution in [0.1, 0.15) is 16.1 Å². The number of aromatic nitrogens is 2. The molecular weight excluding hydrogens is 400 g/mol. The van der Waals surface area contributed by atoms with Crippen molar-refractivity contribution in [3.8, 4) is 11.3 Å². The maximum absolute atomic E-state index is 14.2. The van der Waals surface area contributed by atoms with Crippen LogP contribution in [0.2, 0.25) is 0 Å². The number of carbonyl (C=O) groups is 1. The molecule has 1 amide bonds. The second kappa shape index (κ2) is 9.01. The van der Waals surface area contributed by atoms with Gasteiger partial charge in [-0.15, -0.1) is 0 Å². The predicted molar refractivity (Wildman–Crippen MR) is 115 cm³/mol. The van der Waals surface area contributed by atoms with Gasteiger partial charge in [-0.2, -0.15) is 0 Å². The minimum Gasteiger partial charge on any atom is -0.352 e. The average Bonchev–Trinajstić information content (AvgIpc) is 2.80. The number of rotatable bonds is 5. The normalized spacial score (nSPS) is 13.7. The first-order chi connectivity index (χ1) is 15.0. The quantitative estimate of drug-likeness (QED) is 0.659. The molecule has 3 aromatic rings. The van der Waals surface area contributed by atoms with E-state index in [0.29, 0.717) is 35.7 Å². The van der Waals surface area contributed by atoms with Crippen molar-refractivity contribution < 1.29 is 13.6 Å². The summed E-state index contributed by atoms with van der Waals surface area (Å²) in [5.74, 6) is -1.49. The monoisotopic (exact) mass is 421 g/mol. The van der Waals surface area contributed by atoms with Crippen LogP contribution in [-0.4, -0.2) is 47.0 Å². The van der Waals surface area contributed by atoms with Crippen molar-refractivity contribution in [3.63, 3.8) is 0 Å². The molecule has 6 nitrogen and oxygen atoms in total. The number of benzene rings is 1. The molecule has 2 N–H and O–H groups in total. The molecule has 0 saturated carbocycles. The van der Waals surface area contributed by atoms with Gasteiger partial charge in [0.15, 0.2) is 0 Å². The third kappa shape index (κ3) is 4.44. The van der Waals surface area contributed by atoms with Crippen molar-refractivity contribution in [2.75, 3.05) is 31.5 Å². The van der Waals surface area contributed by atoms with Gasteiger partial charge in [-0.3, -0.25) is 9.78 Å². The summed E-state index contributed by atoms with van der Waals surface area (Å²) in [7, 11) is 0. The summed E-state index contributed by atoms with van der Waals surface area (Å²) in [6.07, 6.45) is 3.10. The van der Waals surface area contributed by atoms with Crippen molar-refractivity contribution >= 4 is 17.3 Å². The maximum Gasteiger partial charge on any atom is 0.256 e. The molecule has 0 atom stereocenters. The maximum atomic E-state index is 14.2. The second-order valence-electron chi connectivity index (χ2n) is 7.07. The number of halogens is 2. The van der Waals surface area contributed by atoms with Crippen LogP contribution in [0, 0.1) is 11.6 Å². The first-order valence-electron chi connectivity index (χ1n) is 9.86. The van der Waals surface area contributed by atoms with Crippen LogP contribution in [-0.2, 0) is 0 Å². The lowest BCUT2D eigenvalue weighted by atomic mass is 10.1. The van der Waals surface area contributed by atoms with Crippen molar-refractivity contribution in [2.24, 2.45) is 0 Å². The number of nitrogens with zero attached hydrogens (tertiary/aromatic N) is 3. The molecule has 2 aromatic heterocycles. The van der Waals surface area contributed by atoms with E-state index >= 15 is 0 Å². The van der Waals surface area contributed by atoms with E-state index in [1.165, 1.54) is 24.3 Å². The van der Waals surface area contributed by atoms with E-state index in [1.54, 1.807) is 35.5 Å². The molecule has 8 heteroatoms. The molecular formula is C23H21F2N5O. The van der Waals surface area contributed by atoms with Gasteiger partial charge in [0.1, 0.15) is 11.6 Å². The Morgan fingerprint density at radius 2 is 1.77 bits per heavy atom. The largest absolute Gasteiger partial charge is 0.352 e. The lowest BCUT2D eigenvalue weighted by molar-refractivity contribution is 0.0736. The molecule has 0 bridgehead atoms. The fourth-order valence-electron chi connectivity index (χ4n) is 3.43. The summed E-state index contributed by atoms with van der Waals surface area (Å²) in [4.78, 5) is 23.2. The zero-order valence-electron chi connectivity index (χ0n) is 16.7. The highest BCUT2D eigenvalue weighted by Crippen LogP contribution is 2.26. The standard InChI is InChI=1S/C23H21F2N5O/c1-15(19-6-3-7-20(29-19)22-17(24)4-2-5-18(22)25)28-21-14-27-9-8-16(21)23(31)30-12-10-26-11-13-30/h2-9,14,26,28H,1,10-13H2. The van der Waals surface area contributed by atoms with E-state index < -0.39 is 11.6 Å². The van der Waals surface area contributed by atoms with Crippen LogP contribution >= 0.6 is 0 Å².